The quantitative estimate of drug-likeness (QED) is 0.870. The molecule has 1 aliphatic rings. The Labute approximate surface area is 108 Å². The van der Waals surface area contributed by atoms with Crippen LogP contribution in [0.15, 0.2) is 23.0 Å². The largest absolute Gasteiger partial charge is 0.472 e. The second-order valence-corrected chi connectivity index (χ2v) is 4.79. The van der Waals surface area contributed by atoms with E-state index in [2.05, 4.69) is 17.6 Å². The second-order valence-electron chi connectivity index (χ2n) is 4.79. The van der Waals surface area contributed by atoms with Crippen LogP contribution in [0, 0.1) is 5.41 Å². The summed E-state index contributed by atoms with van der Waals surface area (Å²) in [6.45, 7) is 4.97. The van der Waals surface area contributed by atoms with E-state index in [1.807, 2.05) is 0 Å². The van der Waals surface area contributed by atoms with E-state index < -0.39 is 0 Å². The molecule has 96 valence electrons. The summed E-state index contributed by atoms with van der Waals surface area (Å²) in [6, 6.07) is 1.68. The lowest BCUT2D eigenvalue weighted by molar-refractivity contribution is 0.0924. The third kappa shape index (κ3) is 3.75. The fourth-order valence-corrected chi connectivity index (χ4v) is 2.06. The van der Waals surface area contributed by atoms with Crippen LogP contribution in [0.3, 0.4) is 0 Å². The van der Waals surface area contributed by atoms with Crippen molar-refractivity contribution < 1.29 is 9.21 Å². The molecular formula is C12H19ClN2O2. The van der Waals surface area contributed by atoms with Gasteiger partial charge in [0.1, 0.15) is 6.26 Å². The summed E-state index contributed by atoms with van der Waals surface area (Å²) in [5, 5.41) is 6.32. The van der Waals surface area contributed by atoms with E-state index in [4.69, 9.17) is 4.42 Å². The maximum absolute atomic E-state index is 11.7. The zero-order chi connectivity index (χ0) is 11.4. The first kappa shape index (κ1) is 14.1. The minimum atomic E-state index is -0.0550. The Morgan fingerprint density at radius 1 is 1.65 bits per heavy atom. The third-order valence-corrected chi connectivity index (χ3v) is 3.14. The third-order valence-electron chi connectivity index (χ3n) is 3.14. The lowest BCUT2D eigenvalue weighted by Gasteiger charge is -2.34. The van der Waals surface area contributed by atoms with Crippen molar-refractivity contribution in [3.63, 3.8) is 0 Å². The fraction of sp³-hybridized carbons (Fsp3) is 0.583. The van der Waals surface area contributed by atoms with Gasteiger partial charge >= 0.3 is 0 Å². The van der Waals surface area contributed by atoms with Gasteiger partial charge < -0.3 is 15.1 Å². The van der Waals surface area contributed by atoms with Crippen molar-refractivity contribution in [3.05, 3.63) is 24.2 Å². The highest BCUT2D eigenvalue weighted by atomic mass is 35.5. The first-order valence-electron chi connectivity index (χ1n) is 5.71. The van der Waals surface area contributed by atoms with Crippen LogP contribution in [0.25, 0.3) is 0 Å². The number of furan rings is 1. The lowest BCUT2D eigenvalue weighted by Crippen LogP contribution is -2.45. The van der Waals surface area contributed by atoms with Gasteiger partial charge in [-0.1, -0.05) is 6.92 Å². The molecule has 1 amide bonds. The maximum Gasteiger partial charge on any atom is 0.254 e. The van der Waals surface area contributed by atoms with Crippen molar-refractivity contribution in [3.8, 4) is 0 Å². The number of hydrogen-bond acceptors (Lipinski definition) is 3. The smallest absolute Gasteiger partial charge is 0.254 e. The monoisotopic (exact) mass is 258 g/mol. The Hall–Kier alpha value is -1.00. The number of hydrogen-bond donors (Lipinski definition) is 2. The molecule has 5 heteroatoms. The van der Waals surface area contributed by atoms with E-state index >= 15 is 0 Å². The molecule has 1 aliphatic heterocycles. The van der Waals surface area contributed by atoms with Gasteiger partial charge in [0, 0.05) is 13.1 Å². The minimum absolute atomic E-state index is 0. The topological polar surface area (TPSA) is 54.3 Å². The summed E-state index contributed by atoms with van der Waals surface area (Å²) in [5.74, 6) is -0.0550. The molecule has 0 bridgehead atoms. The fourth-order valence-electron chi connectivity index (χ4n) is 2.06. The summed E-state index contributed by atoms with van der Waals surface area (Å²) in [6.07, 6.45) is 5.32. The van der Waals surface area contributed by atoms with Crippen LogP contribution >= 0.6 is 12.4 Å². The zero-order valence-electron chi connectivity index (χ0n) is 9.99. The normalized spacial score (nSPS) is 23.8. The predicted molar refractivity (Wildman–Crippen MR) is 68.5 cm³/mol. The molecule has 4 nitrogen and oxygen atoms in total. The van der Waals surface area contributed by atoms with Gasteiger partial charge in [0.15, 0.2) is 0 Å². The average molecular weight is 259 g/mol. The van der Waals surface area contributed by atoms with E-state index in [0.717, 1.165) is 19.5 Å². The summed E-state index contributed by atoms with van der Waals surface area (Å²) in [7, 11) is 0. The SMILES string of the molecule is CC1(CNC(=O)c2ccoc2)CCCNC1.Cl. The van der Waals surface area contributed by atoms with Crippen molar-refractivity contribution in [1.29, 1.82) is 0 Å². The van der Waals surface area contributed by atoms with Crippen LogP contribution in [-0.2, 0) is 0 Å². The predicted octanol–water partition coefficient (Wildman–Crippen LogP) is 1.82. The molecule has 0 aliphatic carbocycles. The van der Waals surface area contributed by atoms with E-state index in [-0.39, 0.29) is 23.7 Å². The van der Waals surface area contributed by atoms with Gasteiger partial charge in [-0.15, -0.1) is 12.4 Å². The van der Waals surface area contributed by atoms with Crippen molar-refractivity contribution in [2.45, 2.75) is 19.8 Å². The summed E-state index contributed by atoms with van der Waals surface area (Å²) < 4.78 is 4.88. The highest BCUT2D eigenvalue weighted by Gasteiger charge is 2.27. The molecule has 0 radical (unpaired) electrons. The van der Waals surface area contributed by atoms with Gasteiger partial charge in [-0.2, -0.15) is 0 Å². The van der Waals surface area contributed by atoms with Crippen molar-refractivity contribution in [1.82, 2.24) is 10.6 Å². The Morgan fingerprint density at radius 3 is 3.06 bits per heavy atom. The molecule has 2 N–H and O–H groups in total. The molecule has 1 unspecified atom stereocenters. The maximum atomic E-state index is 11.7. The molecule has 1 saturated heterocycles. The first-order chi connectivity index (χ1) is 7.70. The van der Waals surface area contributed by atoms with E-state index in [9.17, 15) is 4.79 Å². The number of halogens is 1. The summed E-state index contributed by atoms with van der Waals surface area (Å²) in [5.41, 5.74) is 0.768. The van der Waals surface area contributed by atoms with E-state index in [1.165, 1.54) is 18.9 Å². The molecule has 0 aromatic carbocycles. The number of rotatable bonds is 3. The first-order valence-corrected chi connectivity index (χ1v) is 5.71. The van der Waals surface area contributed by atoms with Crippen LogP contribution in [-0.4, -0.2) is 25.5 Å². The Morgan fingerprint density at radius 2 is 2.47 bits per heavy atom. The van der Waals surface area contributed by atoms with Crippen LogP contribution in [0.1, 0.15) is 30.1 Å². The average Bonchev–Trinajstić information content (AvgIpc) is 2.80. The molecule has 0 saturated carbocycles. The standard InChI is InChI=1S/C12H18N2O2.ClH/c1-12(4-2-5-13-8-12)9-14-11(15)10-3-6-16-7-10;/h3,6-7,13H,2,4-5,8-9H2,1H3,(H,14,15);1H. The number of carbonyl (C=O) groups excluding carboxylic acids is 1. The summed E-state index contributed by atoms with van der Waals surface area (Å²) in [4.78, 5) is 11.7. The van der Waals surface area contributed by atoms with Gasteiger partial charge in [-0.05, 0) is 30.9 Å². The molecular weight excluding hydrogens is 240 g/mol. The minimum Gasteiger partial charge on any atom is -0.472 e. The molecule has 1 atom stereocenters. The van der Waals surface area contributed by atoms with Crippen molar-refractivity contribution >= 4 is 18.3 Å². The Bertz CT molecular complexity index is 345. The second kappa shape index (κ2) is 6.07. The van der Waals surface area contributed by atoms with Gasteiger partial charge in [0.2, 0.25) is 0 Å². The number of piperidine rings is 1. The molecule has 2 heterocycles. The number of amides is 1. The Kier molecular flexibility index (Phi) is 5.02. The number of nitrogens with one attached hydrogen (secondary N) is 2. The van der Waals surface area contributed by atoms with E-state index in [1.54, 1.807) is 6.07 Å². The summed E-state index contributed by atoms with van der Waals surface area (Å²) >= 11 is 0. The van der Waals surface area contributed by atoms with E-state index in [0.29, 0.717) is 12.1 Å². The highest BCUT2D eigenvalue weighted by molar-refractivity contribution is 5.93. The molecule has 1 aromatic rings. The Balaban J connectivity index is 0.00000144. The van der Waals surface area contributed by atoms with Gasteiger partial charge in [0.05, 0.1) is 11.8 Å². The molecule has 1 aromatic heterocycles. The van der Waals surface area contributed by atoms with Gasteiger partial charge in [-0.25, -0.2) is 0 Å². The van der Waals surface area contributed by atoms with Crippen molar-refractivity contribution in [2.24, 2.45) is 5.41 Å². The number of carbonyl (C=O) groups is 1. The molecule has 0 spiro atoms. The molecule has 1 fully saturated rings. The van der Waals surface area contributed by atoms with Crippen LogP contribution in [0.5, 0.6) is 0 Å². The van der Waals surface area contributed by atoms with Crippen LogP contribution in [0.2, 0.25) is 0 Å². The van der Waals surface area contributed by atoms with Crippen molar-refractivity contribution in [2.75, 3.05) is 19.6 Å². The molecule has 17 heavy (non-hydrogen) atoms. The lowest BCUT2D eigenvalue weighted by atomic mass is 9.83. The molecule has 2 rings (SSSR count). The van der Waals surface area contributed by atoms with Gasteiger partial charge in [-0.3, -0.25) is 4.79 Å². The van der Waals surface area contributed by atoms with Crippen LogP contribution in [0.4, 0.5) is 0 Å². The highest BCUT2D eigenvalue weighted by Crippen LogP contribution is 2.24. The van der Waals surface area contributed by atoms with Gasteiger partial charge in [0.25, 0.3) is 5.91 Å². The van der Waals surface area contributed by atoms with Crippen LogP contribution < -0.4 is 10.6 Å². The zero-order valence-corrected chi connectivity index (χ0v) is 10.8.